The number of rotatable bonds is 3. The van der Waals surface area contributed by atoms with Crippen LogP contribution >= 0.6 is 27.5 Å². The Morgan fingerprint density at radius 2 is 2.25 bits per heavy atom. The van der Waals surface area contributed by atoms with Gasteiger partial charge in [0.15, 0.2) is 9.84 Å². The molecule has 1 unspecified atom stereocenters. The van der Waals surface area contributed by atoms with Gasteiger partial charge in [-0.3, -0.25) is 4.79 Å². The molecule has 1 atom stereocenters. The number of benzene rings is 1. The van der Waals surface area contributed by atoms with Crippen LogP contribution in [0.1, 0.15) is 6.42 Å². The SMILES string of the molecule is O=C(CC1CS(=O)(=O)CCN1)Nc1ccc(Br)c(Cl)c1. The van der Waals surface area contributed by atoms with E-state index < -0.39 is 9.84 Å². The quantitative estimate of drug-likeness (QED) is 0.837. The first-order valence-corrected chi connectivity index (χ1v) is 9.04. The second-order valence-corrected chi connectivity index (χ2v) is 8.14. The third-order valence-electron chi connectivity index (χ3n) is 2.94. The van der Waals surface area contributed by atoms with Crippen LogP contribution in [0.15, 0.2) is 22.7 Å². The molecule has 1 aliphatic heterocycles. The van der Waals surface area contributed by atoms with Crippen molar-refractivity contribution in [3.8, 4) is 0 Å². The molecule has 1 fully saturated rings. The van der Waals surface area contributed by atoms with Gasteiger partial charge in [-0.15, -0.1) is 0 Å². The molecule has 0 aromatic heterocycles. The summed E-state index contributed by atoms with van der Waals surface area (Å²) in [6, 6.07) is 4.76. The van der Waals surface area contributed by atoms with Crippen molar-refractivity contribution >= 4 is 49.0 Å². The van der Waals surface area contributed by atoms with E-state index in [-0.39, 0.29) is 29.9 Å². The summed E-state index contributed by atoms with van der Waals surface area (Å²) in [5.41, 5.74) is 0.585. The summed E-state index contributed by atoms with van der Waals surface area (Å²) in [5, 5.41) is 6.24. The molecule has 0 radical (unpaired) electrons. The van der Waals surface area contributed by atoms with Crippen LogP contribution in [0.25, 0.3) is 0 Å². The van der Waals surface area contributed by atoms with Crippen LogP contribution in [0.5, 0.6) is 0 Å². The van der Waals surface area contributed by atoms with Gasteiger partial charge in [0.25, 0.3) is 0 Å². The zero-order valence-corrected chi connectivity index (χ0v) is 13.7. The van der Waals surface area contributed by atoms with Crippen LogP contribution in [0.4, 0.5) is 5.69 Å². The normalized spacial score (nSPS) is 21.4. The van der Waals surface area contributed by atoms with Crippen LogP contribution in [0.2, 0.25) is 5.02 Å². The molecule has 2 rings (SSSR count). The Kier molecular flexibility index (Phi) is 5.06. The van der Waals surface area contributed by atoms with Gasteiger partial charge in [0.1, 0.15) is 0 Å². The van der Waals surface area contributed by atoms with Gasteiger partial charge in [0, 0.05) is 29.2 Å². The van der Waals surface area contributed by atoms with E-state index in [9.17, 15) is 13.2 Å². The average Bonchev–Trinajstić information content (AvgIpc) is 2.32. The van der Waals surface area contributed by atoms with Crippen molar-refractivity contribution in [2.45, 2.75) is 12.5 Å². The number of hydrogen-bond acceptors (Lipinski definition) is 4. The minimum Gasteiger partial charge on any atom is -0.326 e. The third kappa shape index (κ3) is 4.44. The Labute approximate surface area is 131 Å². The van der Waals surface area contributed by atoms with Gasteiger partial charge in [-0.2, -0.15) is 0 Å². The molecule has 0 bridgehead atoms. The average molecular weight is 382 g/mol. The van der Waals surface area contributed by atoms with Crippen molar-refractivity contribution < 1.29 is 13.2 Å². The molecule has 1 aromatic rings. The van der Waals surface area contributed by atoms with Crippen LogP contribution < -0.4 is 10.6 Å². The Bertz CT molecular complexity index is 621. The molecule has 1 saturated heterocycles. The Balaban J connectivity index is 1.93. The molecule has 1 aliphatic rings. The topological polar surface area (TPSA) is 75.3 Å². The standard InChI is InChI=1S/C12H14BrClN2O3S/c13-10-2-1-8(5-11(10)14)16-12(17)6-9-7-20(18,19)4-3-15-9/h1-2,5,9,15H,3-4,6-7H2,(H,16,17). The van der Waals surface area contributed by atoms with Crippen molar-refractivity contribution in [2.24, 2.45) is 0 Å². The van der Waals surface area contributed by atoms with Gasteiger partial charge in [-0.1, -0.05) is 11.6 Å². The molecule has 8 heteroatoms. The fourth-order valence-electron chi connectivity index (χ4n) is 2.01. The van der Waals surface area contributed by atoms with E-state index in [0.29, 0.717) is 17.3 Å². The minimum atomic E-state index is -3.03. The molecule has 0 aliphatic carbocycles. The van der Waals surface area contributed by atoms with E-state index in [2.05, 4.69) is 26.6 Å². The van der Waals surface area contributed by atoms with Crippen molar-refractivity contribution in [3.63, 3.8) is 0 Å². The van der Waals surface area contributed by atoms with E-state index in [1.807, 2.05) is 0 Å². The molecule has 110 valence electrons. The molecule has 1 heterocycles. The molecular weight excluding hydrogens is 368 g/mol. The minimum absolute atomic E-state index is 0.00150. The van der Waals surface area contributed by atoms with Crippen molar-refractivity contribution in [1.82, 2.24) is 5.32 Å². The van der Waals surface area contributed by atoms with E-state index in [1.54, 1.807) is 18.2 Å². The maximum atomic E-state index is 11.9. The summed E-state index contributed by atoms with van der Waals surface area (Å²) in [6.07, 6.45) is 0.118. The number of hydrogen-bond donors (Lipinski definition) is 2. The summed E-state index contributed by atoms with van der Waals surface area (Å²) in [6.45, 7) is 0.393. The summed E-state index contributed by atoms with van der Waals surface area (Å²) in [4.78, 5) is 11.9. The second kappa shape index (κ2) is 6.43. The highest BCUT2D eigenvalue weighted by Gasteiger charge is 2.25. The monoisotopic (exact) mass is 380 g/mol. The lowest BCUT2D eigenvalue weighted by Crippen LogP contribution is -2.46. The lowest BCUT2D eigenvalue weighted by atomic mass is 10.2. The number of sulfone groups is 1. The van der Waals surface area contributed by atoms with Gasteiger partial charge in [0.2, 0.25) is 5.91 Å². The molecule has 1 amide bonds. The van der Waals surface area contributed by atoms with Crippen LogP contribution in [0, 0.1) is 0 Å². The summed E-state index contributed by atoms with van der Waals surface area (Å²) in [7, 11) is -3.03. The number of carbonyl (C=O) groups excluding carboxylic acids is 1. The molecule has 1 aromatic carbocycles. The Hall–Kier alpha value is -0.630. The Morgan fingerprint density at radius 3 is 2.90 bits per heavy atom. The maximum Gasteiger partial charge on any atom is 0.225 e. The largest absolute Gasteiger partial charge is 0.326 e. The lowest BCUT2D eigenvalue weighted by molar-refractivity contribution is -0.116. The summed E-state index contributed by atoms with van der Waals surface area (Å²) < 4.78 is 23.7. The first-order chi connectivity index (χ1) is 9.35. The lowest BCUT2D eigenvalue weighted by Gasteiger charge is -2.23. The van der Waals surface area contributed by atoms with Crippen LogP contribution in [-0.2, 0) is 14.6 Å². The Morgan fingerprint density at radius 1 is 1.50 bits per heavy atom. The highest BCUT2D eigenvalue weighted by molar-refractivity contribution is 9.10. The van der Waals surface area contributed by atoms with Gasteiger partial charge in [0.05, 0.1) is 16.5 Å². The summed E-state index contributed by atoms with van der Waals surface area (Å²) in [5.74, 6) is -0.104. The molecule has 0 saturated carbocycles. The smallest absolute Gasteiger partial charge is 0.225 e. The zero-order valence-electron chi connectivity index (χ0n) is 10.5. The highest BCUT2D eigenvalue weighted by atomic mass is 79.9. The number of halogens is 2. The molecule has 20 heavy (non-hydrogen) atoms. The maximum absolute atomic E-state index is 11.9. The molecule has 5 nitrogen and oxygen atoms in total. The first-order valence-electron chi connectivity index (χ1n) is 6.04. The first kappa shape index (κ1) is 15.8. The predicted octanol–water partition coefficient (Wildman–Crippen LogP) is 1.82. The van der Waals surface area contributed by atoms with E-state index in [1.165, 1.54) is 0 Å². The van der Waals surface area contributed by atoms with E-state index >= 15 is 0 Å². The molecular formula is C12H14BrClN2O3S. The van der Waals surface area contributed by atoms with Gasteiger partial charge < -0.3 is 10.6 Å². The molecule has 0 spiro atoms. The van der Waals surface area contributed by atoms with Gasteiger partial charge >= 0.3 is 0 Å². The van der Waals surface area contributed by atoms with Crippen molar-refractivity contribution in [2.75, 3.05) is 23.4 Å². The van der Waals surface area contributed by atoms with E-state index in [4.69, 9.17) is 11.6 Å². The van der Waals surface area contributed by atoms with Gasteiger partial charge in [-0.25, -0.2) is 8.42 Å². The van der Waals surface area contributed by atoms with Crippen molar-refractivity contribution in [3.05, 3.63) is 27.7 Å². The molecule has 2 N–H and O–H groups in total. The fourth-order valence-corrected chi connectivity index (χ4v) is 3.88. The fraction of sp³-hybridized carbons (Fsp3) is 0.417. The van der Waals surface area contributed by atoms with Crippen molar-refractivity contribution in [1.29, 1.82) is 0 Å². The summed E-state index contributed by atoms with van der Waals surface area (Å²) >= 11 is 9.20. The second-order valence-electron chi connectivity index (χ2n) is 4.65. The van der Waals surface area contributed by atoms with Gasteiger partial charge in [-0.05, 0) is 34.1 Å². The highest BCUT2D eigenvalue weighted by Crippen LogP contribution is 2.25. The van der Waals surface area contributed by atoms with E-state index in [0.717, 1.165) is 4.47 Å². The van der Waals surface area contributed by atoms with Crippen LogP contribution in [-0.4, -0.2) is 38.4 Å². The number of carbonyl (C=O) groups is 1. The van der Waals surface area contributed by atoms with Crippen LogP contribution in [0.3, 0.4) is 0 Å². The number of anilines is 1. The number of nitrogens with one attached hydrogen (secondary N) is 2. The third-order valence-corrected chi connectivity index (χ3v) is 5.91. The number of amides is 1. The predicted molar refractivity (Wildman–Crippen MR) is 82.8 cm³/mol. The zero-order chi connectivity index (χ0) is 14.8.